The van der Waals surface area contributed by atoms with Crippen molar-refractivity contribution in [2.24, 2.45) is 11.8 Å². The molecule has 1 aliphatic carbocycles. The highest BCUT2D eigenvalue weighted by molar-refractivity contribution is 5.71. The van der Waals surface area contributed by atoms with Crippen LogP contribution in [0.1, 0.15) is 32.6 Å². The molecule has 0 amide bonds. The third kappa shape index (κ3) is 2.47. The third-order valence-corrected chi connectivity index (χ3v) is 3.48. The first kappa shape index (κ1) is 11.5. The van der Waals surface area contributed by atoms with E-state index in [1.54, 1.807) is 0 Å². The summed E-state index contributed by atoms with van der Waals surface area (Å²) < 4.78 is 0. The van der Waals surface area contributed by atoms with E-state index in [2.05, 4.69) is 11.8 Å². The van der Waals surface area contributed by atoms with Crippen molar-refractivity contribution in [3.05, 3.63) is 0 Å². The van der Waals surface area contributed by atoms with Crippen LogP contribution in [-0.4, -0.2) is 36.1 Å². The second-order valence-corrected chi connectivity index (χ2v) is 4.56. The molecular weight excluding hydrogens is 178 g/mol. The number of hydrogen-bond acceptors (Lipinski definition) is 2. The second-order valence-electron chi connectivity index (χ2n) is 4.56. The highest BCUT2D eigenvalue weighted by Gasteiger charge is 2.35. The number of rotatable bonds is 3. The summed E-state index contributed by atoms with van der Waals surface area (Å²) in [6.07, 6.45) is 4.14. The number of carboxylic acid groups (broad SMARTS) is 1. The molecule has 3 heteroatoms. The summed E-state index contributed by atoms with van der Waals surface area (Å²) in [6, 6.07) is 0.228. The molecule has 1 saturated carbocycles. The molecule has 0 spiro atoms. The summed E-state index contributed by atoms with van der Waals surface area (Å²) in [5, 5.41) is 9.09. The highest BCUT2D eigenvalue weighted by atomic mass is 16.4. The van der Waals surface area contributed by atoms with Gasteiger partial charge in [0.05, 0.1) is 5.92 Å². The smallest absolute Gasteiger partial charge is 0.308 e. The van der Waals surface area contributed by atoms with E-state index in [4.69, 9.17) is 5.11 Å². The average molecular weight is 199 g/mol. The van der Waals surface area contributed by atoms with Crippen LogP contribution in [0.3, 0.4) is 0 Å². The quantitative estimate of drug-likeness (QED) is 0.754. The number of nitrogens with zero attached hydrogens (tertiary/aromatic N) is 1. The Hall–Kier alpha value is -0.570. The molecule has 1 rings (SSSR count). The van der Waals surface area contributed by atoms with E-state index in [1.807, 2.05) is 14.1 Å². The molecule has 3 nitrogen and oxygen atoms in total. The first-order chi connectivity index (χ1) is 6.56. The fourth-order valence-corrected chi connectivity index (χ4v) is 2.46. The predicted molar refractivity (Wildman–Crippen MR) is 56.2 cm³/mol. The SMILES string of the molecule is CCC1CCC(C(=O)O)C(N(C)C)C1. The van der Waals surface area contributed by atoms with E-state index < -0.39 is 5.97 Å². The van der Waals surface area contributed by atoms with Gasteiger partial charge in [-0.15, -0.1) is 0 Å². The predicted octanol–water partition coefficient (Wildman–Crippen LogP) is 1.83. The summed E-state index contributed by atoms with van der Waals surface area (Å²) in [6.45, 7) is 2.19. The fraction of sp³-hybridized carbons (Fsp3) is 0.909. The zero-order valence-electron chi connectivity index (χ0n) is 9.36. The molecule has 0 aromatic heterocycles. The standard InChI is InChI=1S/C11H21NO2/c1-4-8-5-6-9(11(13)14)10(7-8)12(2)3/h8-10H,4-7H2,1-3H3,(H,13,14). The normalized spacial score (nSPS) is 33.3. The van der Waals surface area contributed by atoms with Crippen molar-refractivity contribution in [1.29, 1.82) is 0 Å². The van der Waals surface area contributed by atoms with Crippen LogP contribution in [0.5, 0.6) is 0 Å². The van der Waals surface area contributed by atoms with Crippen LogP contribution in [-0.2, 0) is 4.79 Å². The van der Waals surface area contributed by atoms with Crippen LogP contribution < -0.4 is 0 Å². The molecule has 3 unspecified atom stereocenters. The Morgan fingerprint density at radius 1 is 1.43 bits per heavy atom. The Morgan fingerprint density at radius 2 is 2.07 bits per heavy atom. The maximum absolute atomic E-state index is 11.0. The minimum Gasteiger partial charge on any atom is -0.481 e. The van der Waals surface area contributed by atoms with Crippen LogP contribution in [0.4, 0.5) is 0 Å². The maximum Gasteiger partial charge on any atom is 0.308 e. The molecule has 0 bridgehead atoms. The van der Waals surface area contributed by atoms with Gasteiger partial charge in [-0.05, 0) is 39.3 Å². The highest BCUT2D eigenvalue weighted by Crippen LogP contribution is 2.33. The summed E-state index contributed by atoms with van der Waals surface area (Å²) in [7, 11) is 3.97. The van der Waals surface area contributed by atoms with Crippen molar-refractivity contribution in [1.82, 2.24) is 4.90 Å². The summed E-state index contributed by atoms with van der Waals surface area (Å²) in [4.78, 5) is 13.1. The van der Waals surface area contributed by atoms with Gasteiger partial charge < -0.3 is 10.0 Å². The van der Waals surface area contributed by atoms with Crippen molar-refractivity contribution < 1.29 is 9.90 Å². The Balaban J connectivity index is 2.65. The molecule has 1 N–H and O–H groups in total. The second kappa shape index (κ2) is 4.78. The summed E-state index contributed by atoms with van der Waals surface area (Å²) in [5.74, 6) is -0.0657. The van der Waals surface area contributed by atoms with Gasteiger partial charge in [0.25, 0.3) is 0 Å². The van der Waals surface area contributed by atoms with Gasteiger partial charge in [0.2, 0.25) is 0 Å². The summed E-state index contributed by atoms with van der Waals surface area (Å²) >= 11 is 0. The average Bonchev–Trinajstić information content (AvgIpc) is 2.16. The molecule has 3 atom stereocenters. The zero-order valence-corrected chi connectivity index (χ0v) is 9.36. The van der Waals surface area contributed by atoms with Crippen molar-refractivity contribution >= 4 is 5.97 Å². The zero-order chi connectivity index (χ0) is 10.7. The van der Waals surface area contributed by atoms with Crippen LogP contribution >= 0.6 is 0 Å². The molecule has 0 radical (unpaired) electrons. The number of carboxylic acids is 1. The van der Waals surface area contributed by atoms with Crippen LogP contribution in [0.2, 0.25) is 0 Å². The Kier molecular flexibility index (Phi) is 3.93. The van der Waals surface area contributed by atoms with Gasteiger partial charge in [-0.2, -0.15) is 0 Å². The monoisotopic (exact) mass is 199 g/mol. The fourth-order valence-electron chi connectivity index (χ4n) is 2.46. The lowest BCUT2D eigenvalue weighted by Gasteiger charge is -2.37. The van der Waals surface area contributed by atoms with Gasteiger partial charge in [-0.1, -0.05) is 13.3 Å². The van der Waals surface area contributed by atoms with Gasteiger partial charge in [0.1, 0.15) is 0 Å². The molecule has 82 valence electrons. The van der Waals surface area contributed by atoms with E-state index >= 15 is 0 Å². The largest absolute Gasteiger partial charge is 0.481 e. The number of aliphatic carboxylic acids is 1. The van der Waals surface area contributed by atoms with E-state index in [1.165, 1.54) is 6.42 Å². The van der Waals surface area contributed by atoms with E-state index in [0.717, 1.165) is 25.2 Å². The van der Waals surface area contributed by atoms with Gasteiger partial charge in [-0.25, -0.2) is 0 Å². The van der Waals surface area contributed by atoms with Crippen LogP contribution in [0.25, 0.3) is 0 Å². The van der Waals surface area contributed by atoms with Gasteiger partial charge in [0, 0.05) is 6.04 Å². The molecule has 0 aliphatic heterocycles. The molecular formula is C11H21NO2. The van der Waals surface area contributed by atoms with E-state index in [-0.39, 0.29) is 12.0 Å². The molecule has 1 fully saturated rings. The molecule has 1 aliphatic rings. The van der Waals surface area contributed by atoms with Gasteiger partial charge >= 0.3 is 5.97 Å². The van der Waals surface area contributed by atoms with Crippen molar-refractivity contribution in [2.75, 3.05) is 14.1 Å². The number of carbonyl (C=O) groups is 1. The van der Waals surface area contributed by atoms with Crippen LogP contribution in [0, 0.1) is 11.8 Å². The summed E-state index contributed by atoms with van der Waals surface area (Å²) in [5.41, 5.74) is 0. The van der Waals surface area contributed by atoms with Crippen molar-refractivity contribution in [3.63, 3.8) is 0 Å². The minimum atomic E-state index is -0.627. The number of hydrogen-bond donors (Lipinski definition) is 1. The third-order valence-electron chi connectivity index (χ3n) is 3.48. The lowest BCUT2D eigenvalue weighted by atomic mass is 9.77. The molecule has 14 heavy (non-hydrogen) atoms. The lowest BCUT2D eigenvalue weighted by molar-refractivity contribution is -0.145. The van der Waals surface area contributed by atoms with Gasteiger partial charge in [-0.3, -0.25) is 4.79 Å². The maximum atomic E-state index is 11.0. The van der Waals surface area contributed by atoms with Crippen LogP contribution in [0.15, 0.2) is 0 Å². The van der Waals surface area contributed by atoms with E-state index in [0.29, 0.717) is 0 Å². The van der Waals surface area contributed by atoms with Crippen molar-refractivity contribution in [2.45, 2.75) is 38.6 Å². The van der Waals surface area contributed by atoms with Crippen molar-refractivity contribution in [3.8, 4) is 0 Å². The first-order valence-electron chi connectivity index (χ1n) is 5.45. The Morgan fingerprint density at radius 3 is 2.50 bits per heavy atom. The molecule has 0 heterocycles. The Bertz CT molecular complexity index is 203. The molecule has 0 aromatic carbocycles. The minimum absolute atomic E-state index is 0.159. The molecule has 0 saturated heterocycles. The lowest BCUT2D eigenvalue weighted by Crippen LogP contribution is -2.43. The molecule has 0 aromatic rings. The first-order valence-corrected chi connectivity index (χ1v) is 5.45. The Labute approximate surface area is 86.1 Å². The van der Waals surface area contributed by atoms with E-state index in [9.17, 15) is 4.79 Å². The topological polar surface area (TPSA) is 40.5 Å². The van der Waals surface area contributed by atoms with Gasteiger partial charge in [0.15, 0.2) is 0 Å².